The molecule has 1 aliphatic heterocycles. The van der Waals surface area contributed by atoms with E-state index in [9.17, 15) is 9.90 Å². The summed E-state index contributed by atoms with van der Waals surface area (Å²) in [5, 5.41) is 10.8. The minimum absolute atomic E-state index is 0.00592. The van der Waals surface area contributed by atoms with Crippen LogP contribution >= 0.6 is 0 Å². The van der Waals surface area contributed by atoms with Crippen LogP contribution in [0.3, 0.4) is 0 Å². The number of hydrogen-bond donors (Lipinski definition) is 1. The number of ether oxygens (including phenoxy) is 4. The predicted octanol–water partition coefficient (Wildman–Crippen LogP) is 2.80. The number of methoxy groups -OCH3 is 3. The van der Waals surface area contributed by atoms with Gasteiger partial charge in [-0.1, -0.05) is 12.1 Å². The summed E-state index contributed by atoms with van der Waals surface area (Å²) in [6.07, 6.45) is 0.197. The zero-order valence-corrected chi connectivity index (χ0v) is 17.0. The van der Waals surface area contributed by atoms with Crippen LogP contribution in [0.25, 0.3) is 0 Å². The monoisotopic (exact) mass is 401 g/mol. The molecule has 0 unspecified atom stereocenters. The normalized spacial score (nSPS) is 14.9. The molecule has 1 heterocycles. The molecular formula is C22H27NO6. The standard InChI is InChI=1S/C22H27NO6/c1-26-16-6-4-15(5-7-16)18(14-21(25)23-8-10-29-11-9-23)22-19(24)12-17(27-2)13-20(22)28-3/h4-7,12-13,18,24H,8-11,14H2,1-3H3/t18-/m1/s1. The van der Waals surface area contributed by atoms with Gasteiger partial charge in [-0.15, -0.1) is 0 Å². The third-order valence-electron chi connectivity index (χ3n) is 5.16. The summed E-state index contributed by atoms with van der Waals surface area (Å²) < 4.78 is 21.4. The van der Waals surface area contributed by atoms with Gasteiger partial charge in [-0.3, -0.25) is 4.79 Å². The molecule has 7 heteroatoms. The van der Waals surface area contributed by atoms with Crippen LogP contribution in [-0.2, 0) is 9.53 Å². The van der Waals surface area contributed by atoms with Crippen molar-refractivity contribution in [3.05, 3.63) is 47.5 Å². The molecule has 0 aromatic heterocycles. The maximum atomic E-state index is 13.0. The van der Waals surface area contributed by atoms with Crippen LogP contribution in [0.5, 0.6) is 23.0 Å². The van der Waals surface area contributed by atoms with E-state index in [0.717, 1.165) is 11.3 Å². The maximum absolute atomic E-state index is 13.0. The van der Waals surface area contributed by atoms with Gasteiger partial charge in [0.1, 0.15) is 23.0 Å². The minimum atomic E-state index is -0.392. The average Bonchev–Trinajstić information content (AvgIpc) is 2.77. The second-order valence-corrected chi connectivity index (χ2v) is 6.79. The Labute approximate surface area is 170 Å². The Morgan fingerprint density at radius 1 is 1.03 bits per heavy atom. The van der Waals surface area contributed by atoms with Gasteiger partial charge in [0, 0.05) is 43.1 Å². The molecule has 1 atom stereocenters. The van der Waals surface area contributed by atoms with Crippen LogP contribution in [0.4, 0.5) is 0 Å². The molecule has 0 saturated carbocycles. The third-order valence-corrected chi connectivity index (χ3v) is 5.16. The Morgan fingerprint density at radius 3 is 2.28 bits per heavy atom. The summed E-state index contributed by atoms with van der Waals surface area (Å²) >= 11 is 0. The molecule has 2 aromatic carbocycles. The summed E-state index contributed by atoms with van der Waals surface area (Å²) in [6, 6.07) is 10.7. The fourth-order valence-electron chi connectivity index (χ4n) is 3.56. The molecule has 1 N–H and O–H groups in total. The molecule has 0 radical (unpaired) electrons. The van der Waals surface area contributed by atoms with E-state index in [1.165, 1.54) is 20.3 Å². The first-order valence-corrected chi connectivity index (χ1v) is 9.51. The Bertz CT molecular complexity index is 830. The number of hydrogen-bond acceptors (Lipinski definition) is 6. The second kappa shape index (κ2) is 9.52. The van der Waals surface area contributed by atoms with E-state index >= 15 is 0 Å². The summed E-state index contributed by atoms with van der Waals surface area (Å²) in [6.45, 7) is 2.21. The van der Waals surface area contributed by atoms with E-state index in [-0.39, 0.29) is 18.1 Å². The van der Waals surface area contributed by atoms with Gasteiger partial charge >= 0.3 is 0 Å². The number of morpholine rings is 1. The quantitative estimate of drug-likeness (QED) is 0.769. The number of phenols is 1. The van der Waals surface area contributed by atoms with Crippen LogP contribution in [0.2, 0.25) is 0 Å². The van der Waals surface area contributed by atoms with Crippen molar-refractivity contribution in [2.75, 3.05) is 47.6 Å². The topological polar surface area (TPSA) is 77.5 Å². The molecule has 1 fully saturated rings. The van der Waals surface area contributed by atoms with Crippen molar-refractivity contribution in [1.29, 1.82) is 0 Å². The van der Waals surface area contributed by atoms with Gasteiger partial charge in [0.25, 0.3) is 0 Å². The van der Waals surface area contributed by atoms with Crippen LogP contribution in [0.1, 0.15) is 23.5 Å². The summed E-state index contributed by atoms with van der Waals surface area (Å²) in [5.41, 5.74) is 1.44. The first-order valence-electron chi connectivity index (χ1n) is 9.51. The molecule has 29 heavy (non-hydrogen) atoms. The molecule has 1 amide bonds. The van der Waals surface area contributed by atoms with Crippen molar-refractivity contribution in [1.82, 2.24) is 4.90 Å². The van der Waals surface area contributed by atoms with E-state index in [1.54, 1.807) is 18.1 Å². The highest BCUT2D eigenvalue weighted by Crippen LogP contribution is 2.43. The van der Waals surface area contributed by atoms with Crippen molar-refractivity contribution in [3.63, 3.8) is 0 Å². The van der Waals surface area contributed by atoms with E-state index in [2.05, 4.69) is 0 Å². The highest BCUT2D eigenvalue weighted by Gasteiger charge is 2.28. The number of aromatic hydroxyl groups is 1. The lowest BCUT2D eigenvalue weighted by Gasteiger charge is -2.29. The van der Waals surface area contributed by atoms with E-state index in [4.69, 9.17) is 18.9 Å². The summed E-state index contributed by atoms with van der Waals surface area (Å²) in [4.78, 5) is 14.8. The zero-order chi connectivity index (χ0) is 20.8. The highest BCUT2D eigenvalue weighted by molar-refractivity contribution is 5.78. The Kier molecular flexibility index (Phi) is 6.82. The second-order valence-electron chi connectivity index (χ2n) is 6.79. The first-order chi connectivity index (χ1) is 14.1. The minimum Gasteiger partial charge on any atom is -0.507 e. The maximum Gasteiger partial charge on any atom is 0.223 e. The molecule has 0 spiro atoms. The highest BCUT2D eigenvalue weighted by atomic mass is 16.5. The predicted molar refractivity (Wildman–Crippen MR) is 108 cm³/mol. The molecule has 1 saturated heterocycles. The number of carbonyl (C=O) groups excluding carboxylic acids is 1. The number of benzene rings is 2. The van der Waals surface area contributed by atoms with Crippen LogP contribution in [0, 0.1) is 0 Å². The lowest BCUT2D eigenvalue weighted by molar-refractivity contribution is -0.135. The Balaban J connectivity index is 2.01. The number of amides is 1. The average molecular weight is 401 g/mol. The molecule has 3 rings (SSSR count). The van der Waals surface area contributed by atoms with E-state index < -0.39 is 5.92 Å². The molecule has 0 aliphatic carbocycles. The number of phenolic OH excluding ortho intramolecular Hbond substituents is 1. The smallest absolute Gasteiger partial charge is 0.223 e. The molecule has 2 aromatic rings. The first kappa shape index (κ1) is 20.8. The molecule has 1 aliphatic rings. The molecule has 156 valence electrons. The van der Waals surface area contributed by atoms with E-state index in [0.29, 0.717) is 43.4 Å². The number of carbonyl (C=O) groups is 1. The van der Waals surface area contributed by atoms with Gasteiger partial charge in [-0.25, -0.2) is 0 Å². The fourth-order valence-corrected chi connectivity index (χ4v) is 3.56. The molecule has 0 bridgehead atoms. The van der Waals surface area contributed by atoms with Gasteiger partial charge in [0.2, 0.25) is 5.91 Å². The Hall–Kier alpha value is -2.93. The lowest BCUT2D eigenvalue weighted by Crippen LogP contribution is -2.41. The van der Waals surface area contributed by atoms with Gasteiger partial charge in [-0.05, 0) is 17.7 Å². The number of nitrogens with zero attached hydrogens (tertiary/aromatic N) is 1. The summed E-state index contributed by atoms with van der Waals surface area (Å²) in [5.74, 6) is 1.31. The molecular weight excluding hydrogens is 374 g/mol. The van der Waals surface area contributed by atoms with Crippen LogP contribution in [-0.4, -0.2) is 63.5 Å². The van der Waals surface area contributed by atoms with Crippen LogP contribution in [0.15, 0.2) is 36.4 Å². The fraction of sp³-hybridized carbons (Fsp3) is 0.409. The summed E-state index contributed by atoms with van der Waals surface area (Å²) in [7, 11) is 4.66. The van der Waals surface area contributed by atoms with Gasteiger partial charge < -0.3 is 29.0 Å². The lowest BCUT2D eigenvalue weighted by atomic mass is 9.86. The van der Waals surface area contributed by atoms with Crippen molar-refractivity contribution in [3.8, 4) is 23.0 Å². The van der Waals surface area contributed by atoms with Gasteiger partial charge in [0.15, 0.2) is 0 Å². The van der Waals surface area contributed by atoms with Gasteiger partial charge in [-0.2, -0.15) is 0 Å². The van der Waals surface area contributed by atoms with E-state index in [1.807, 2.05) is 24.3 Å². The Morgan fingerprint density at radius 2 is 1.69 bits per heavy atom. The van der Waals surface area contributed by atoms with Crippen molar-refractivity contribution in [2.45, 2.75) is 12.3 Å². The molecule has 7 nitrogen and oxygen atoms in total. The van der Waals surface area contributed by atoms with Crippen molar-refractivity contribution < 1.29 is 28.8 Å². The van der Waals surface area contributed by atoms with Crippen LogP contribution < -0.4 is 14.2 Å². The van der Waals surface area contributed by atoms with Crippen molar-refractivity contribution in [2.24, 2.45) is 0 Å². The zero-order valence-electron chi connectivity index (χ0n) is 17.0. The largest absolute Gasteiger partial charge is 0.507 e. The number of rotatable bonds is 7. The third kappa shape index (κ3) is 4.74. The van der Waals surface area contributed by atoms with Gasteiger partial charge in [0.05, 0.1) is 34.5 Å². The van der Waals surface area contributed by atoms with Crippen molar-refractivity contribution >= 4 is 5.91 Å². The SMILES string of the molecule is COc1ccc([C@@H](CC(=O)N2CCOCC2)c2c(O)cc(OC)cc2OC)cc1.